The maximum atomic E-state index is 12.4. The molecule has 13 heavy (non-hydrogen) atoms. The van der Waals surface area contributed by atoms with Crippen molar-refractivity contribution < 1.29 is 14.3 Å². The Labute approximate surface area is 75.0 Å². The molecule has 1 aromatic carbocycles. The molecule has 0 saturated carbocycles. The lowest BCUT2D eigenvalue weighted by Crippen LogP contribution is -2.14. The van der Waals surface area contributed by atoms with Crippen molar-refractivity contribution in [3.63, 3.8) is 0 Å². The van der Waals surface area contributed by atoms with Crippen LogP contribution in [0.5, 0.6) is 0 Å². The number of nitrogens with two attached hydrogens (primary N) is 1. The van der Waals surface area contributed by atoms with Crippen molar-refractivity contribution >= 4 is 5.91 Å². The Hall–Kier alpha value is -1.42. The van der Waals surface area contributed by atoms with E-state index in [0.29, 0.717) is 5.56 Å². The highest BCUT2D eigenvalue weighted by Gasteiger charge is 2.09. The Morgan fingerprint density at radius 1 is 1.46 bits per heavy atom. The Morgan fingerprint density at radius 3 is 2.46 bits per heavy atom. The van der Waals surface area contributed by atoms with Gasteiger partial charge in [0.2, 0.25) is 5.91 Å². The minimum atomic E-state index is -0.946. The van der Waals surface area contributed by atoms with Crippen LogP contribution in [0.2, 0.25) is 0 Å². The summed E-state index contributed by atoms with van der Waals surface area (Å²) in [7, 11) is 0. The third-order valence-electron chi connectivity index (χ3n) is 1.65. The molecule has 0 spiro atoms. The minimum absolute atomic E-state index is 0.147. The summed E-state index contributed by atoms with van der Waals surface area (Å²) in [6.07, 6.45) is -1.09. The van der Waals surface area contributed by atoms with Gasteiger partial charge in [0.05, 0.1) is 12.5 Å². The van der Waals surface area contributed by atoms with Gasteiger partial charge in [-0.05, 0) is 17.7 Å². The van der Waals surface area contributed by atoms with E-state index in [1.54, 1.807) is 0 Å². The van der Waals surface area contributed by atoms with E-state index < -0.39 is 12.0 Å². The molecule has 0 unspecified atom stereocenters. The zero-order valence-electron chi connectivity index (χ0n) is 6.90. The summed E-state index contributed by atoms with van der Waals surface area (Å²) in [6.45, 7) is 0. The lowest BCUT2D eigenvalue weighted by Gasteiger charge is -2.07. The summed E-state index contributed by atoms with van der Waals surface area (Å²) in [6, 6.07) is 5.28. The lowest BCUT2D eigenvalue weighted by atomic mass is 10.1. The fraction of sp³-hybridized carbons (Fsp3) is 0.222. The molecule has 0 heterocycles. The molecule has 0 fully saturated rings. The predicted octanol–water partition coefficient (Wildman–Crippen LogP) is 0.734. The quantitative estimate of drug-likeness (QED) is 0.725. The first kappa shape index (κ1) is 9.67. The van der Waals surface area contributed by atoms with Crippen LogP contribution in [0.3, 0.4) is 0 Å². The van der Waals surface area contributed by atoms with E-state index in [9.17, 15) is 14.3 Å². The van der Waals surface area contributed by atoms with E-state index in [0.717, 1.165) is 0 Å². The second-order valence-corrected chi connectivity index (χ2v) is 2.74. The fourth-order valence-corrected chi connectivity index (χ4v) is 0.993. The SMILES string of the molecule is NC(=O)C[C@H](O)c1ccc(F)cc1. The smallest absolute Gasteiger partial charge is 0.220 e. The standard InChI is InChI=1S/C9H10FNO2/c10-7-3-1-6(2-4-7)8(12)5-9(11)13/h1-4,8,12H,5H2,(H2,11,13)/t8-/m0/s1. The Morgan fingerprint density at radius 2 is 2.00 bits per heavy atom. The monoisotopic (exact) mass is 183 g/mol. The highest BCUT2D eigenvalue weighted by molar-refractivity contribution is 5.74. The van der Waals surface area contributed by atoms with Crippen LogP contribution in [0.25, 0.3) is 0 Å². The molecule has 1 atom stereocenters. The molecule has 1 rings (SSSR count). The third-order valence-corrected chi connectivity index (χ3v) is 1.65. The van der Waals surface area contributed by atoms with Crippen molar-refractivity contribution in [2.24, 2.45) is 5.73 Å². The minimum Gasteiger partial charge on any atom is -0.388 e. The van der Waals surface area contributed by atoms with Gasteiger partial charge in [0.1, 0.15) is 5.82 Å². The van der Waals surface area contributed by atoms with E-state index in [2.05, 4.69) is 0 Å². The first-order chi connectivity index (χ1) is 6.09. The van der Waals surface area contributed by atoms with Gasteiger partial charge in [-0.15, -0.1) is 0 Å². The van der Waals surface area contributed by atoms with Crippen LogP contribution < -0.4 is 5.73 Å². The second kappa shape index (κ2) is 4.00. The average Bonchev–Trinajstić information content (AvgIpc) is 2.04. The molecule has 3 N–H and O–H groups in total. The van der Waals surface area contributed by atoms with Gasteiger partial charge in [0, 0.05) is 0 Å². The van der Waals surface area contributed by atoms with Crippen molar-refractivity contribution in [3.8, 4) is 0 Å². The van der Waals surface area contributed by atoms with Crippen LogP contribution in [0.15, 0.2) is 24.3 Å². The van der Waals surface area contributed by atoms with Gasteiger partial charge in [-0.3, -0.25) is 4.79 Å². The molecule has 0 radical (unpaired) electrons. The van der Waals surface area contributed by atoms with Gasteiger partial charge in [0.15, 0.2) is 0 Å². The number of aliphatic hydroxyl groups excluding tert-OH is 1. The summed E-state index contributed by atoms with van der Waals surface area (Å²) in [5.41, 5.74) is 5.37. The van der Waals surface area contributed by atoms with Crippen molar-refractivity contribution in [2.75, 3.05) is 0 Å². The van der Waals surface area contributed by atoms with Crippen LogP contribution in [-0.4, -0.2) is 11.0 Å². The topological polar surface area (TPSA) is 63.3 Å². The fourth-order valence-electron chi connectivity index (χ4n) is 0.993. The van der Waals surface area contributed by atoms with E-state index in [1.165, 1.54) is 24.3 Å². The first-order valence-corrected chi connectivity index (χ1v) is 3.81. The summed E-state index contributed by atoms with van der Waals surface area (Å²) in [4.78, 5) is 10.4. The van der Waals surface area contributed by atoms with Crippen LogP contribution >= 0.6 is 0 Å². The van der Waals surface area contributed by atoms with Crippen molar-refractivity contribution in [2.45, 2.75) is 12.5 Å². The van der Waals surface area contributed by atoms with Gasteiger partial charge in [0.25, 0.3) is 0 Å². The maximum absolute atomic E-state index is 12.4. The van der Waals surface area contributed by atoms with Gasteiger partial charge in [-0.25, -0.2) is 4.39 Å². The number of primary amides is 1. The Bertz CT molecular complexity index is 297. The number of rotatable bonds is 3. The third kappa shape index (κ3) is 2.83. The van der Waals surface area contributed by atoms with Crippen molar-refractivity contribution in [3.05, 3.63) is 35.6 Å². The van der Waals surface area contributed by atoms with Gasteiger partial charge >= 0.3 is 0 Å². The molecule has 1 aromatic rings. The molecule has 0 aliphatic rings. The number of halogens is 1. The molecule has 3 nitrogen and oxygen atoms in total. The van der Waals surface area contributed by atoms with Crippen LogP contribution in [0, 0.1) is 5.82 Å². The van der Waals surface area contributed by atoms with E-state index in [4.69, 9.17) is 5.73 Å². The zero-order valence-corrected chi connectivity index (χ0v) is 6.90. The molecule has 70 valence electrons. The van der Waals surface area contributed by atoms with E-state index >= 15 is 0 Å². The molecule has 1 amide bonds. The number of benzene rings is 1. The first-order valence-electron chi connectivity index (χ1n) is 3.81. The molecule has 0 bridgehead atoms. The Kier molecular flexibility index (Phi) is 2.97. The van der Waals surface area contributed by atoms with Gasteiger partial charge < -0.3 is 10.8 Å². The number of aliphatic hydroxyl groups is 1. The van der Waals surface area contributed by atoms with Crippen LogP contribution in [-0.2, 0) is 4.79 Å². The molecular weight excluding hydrogens is 173 g/mol. The highest BCUT2D eigenvalue weighted by Crippen LogP contribution is 2.15. The van der Waals surface area contributed by atoms with Crippen molar-refractivity contribution in [1.82, 2.24) is 0 Å². The average molecular weight is 183 g/mol. The van der Waals surface area contributed by atoms with Crippen LogP contribution in [0.4, 0.5) is 4.39 Å². The number of carbonyl (C=O) groups excluding carboxylic acids is 1. The maximum Gasteiger partial charge on any atom is 0.220 e. The Balaban J connectivity index is 2.71. The van der Waals surface area contributed by atoms with Gasteiger partial charge in [-0.1, -0.05) is 12.1 Å². The summed E-state index contributed by atoms with van der Waals surface area (Å²) in [5, 5.41) is 9.36. The highest BCUT2D eigenvalue weighted by atomic mass is 19.1. The molecule has 0 saturated heterocycles. The van der Waals surface area contributed by atoms with Gasteiger partial charge in [-0.2, -0.15) is 0 Å². The number of amides is 1. The molecule has 0 aliphatic carbocycles. The molecule has 4 heteroatoms. The number of carbonyl (C=O) groups is 1. The van der Waals surface area contributed by atoms with E-state index in [1.807, 2.05) is 0 Å². The van der Waals surface area contributed by atoms with E-state index in [-0.39, 0.29) is 12.2 Å². The number of hydrogen-bond donors (Lipinski definition) is 2. The summed E-state index contributed by atoms with van der Waals surface area (Å²) < 4.78 is 12.4. The summed E-state index contributed by atoms with van der Waals surface area (Å²) in [5.74, 6) is -0.966. The summed E-state index contributed by atoms with van der Waals surface area (Å²) >= 11 is 0. The number of hydrogen-bond acceptors (Lipinski definition) is 2. The van der Waals surface area contributed by atoms with Crippen LogP contribution in [0.1, 0.15) is 18.1 Å². The molecular formula is C9H10FNO2. The largest absolute Gasteiger partial charge is 0.388 e. The zero-order chi connectivity index (χ0) is 9.84. The predicted molar refractivity (Wildman–Crippen MR) is 45.2 cm³/mol. The van der Waals surface area contributed by atoms with Crippen molar-refractivity contribution in [1.29, 1.82) is 0 Å². The normalized spacial score (nSPS) is 12.5. The molecule has 0 aromatic heterocycles. The molecule has 0 aliphatic heterocycles. The lowest BCUT2D eigenvalue weighted by molar-refractivity contribution is -0.119. The second-order valence-electron chi connectivity index (χ2n) is 2.74.